The standard InChI is InChI=1S/C13H8Br2N2O3/c14-8-2-3-9(10(15)5-8)12(18)17-11-4-1-7(6-16-11)13(19)20/h1-6H,(H,19,20)(H,16,17,18). The number of anilines is 1. The van der Waals surface area contributed by atoms with Gasteiger partial charge in [0, 0.05) is 15.1 Å². The summed E-state index contributed by atoms with van der Waals surface area (Å²) in [4.78, 5) is 26.6. The smallest absolute Gasteiger partial charge is 0.337 e. The highest BCUT2D eigenvalue weighted by molar-refractivity contribution is 9.11. The number of aromatic nitrogens is 1. The summed E-state index contributed by atoms with van der Waals surface area (Å²) in [5, 5.41) is 11.4. The Balaban J connectivity index is 2.17. The van der Waals surface area contributed by atoms with E-state index in [-0.39, 0.29) is 17.3 Å². The van der Waals surface area contributed by atoms with E-state index in [1.807, 2.05) is 0 Å². The van der Waals surface area contributed by atoms with Crippen LogP contribution < -0.4 is 5.32 Å². The van der Waals surface area contributed by atoms with E-state index in [9.17, 15) is 9.59 Å². The van der Waals surface area contributed by atoms with E-state index in [4.69, 9.17) is 5.11 Å². The molecule has 0 saturated heterocycles. The quantitative estimate of drug-likeness (QED) is 0.826. The van der Waals surface area contributed by atoms with E-state index in [1.165, 1.54) is 18.3 Å². The molecule has 0 saturated carbocycles. The van der Waals surface area contributed by atoms with Crippen molar-refractivity contribution >= 4 is 49.6 Å². The van der Waals surface area contributed by atoms with Gasteiger partial charge in [-0.3, -0.25) is 4.79 Å². The van der Waals surface area contributed by atoms with Crippen molar-refractivity contribution in [3.05, 3.63) is 56.6 Å². The maximum absolute atomic E-state index is 12.1. The van der Waals surface area contributed by atoms with Crippen LogP contribution in [0.5, 0.6) is 0 Å². The third-order valence-electron chi connectivity index (χ3n) is 2.43. The summed E-state index contributed by atoms with van der Waals surface area (Å²) in [6.45, 7) is 0. The minimum Gasteiger partial charge on any atom is -0.478 e. The van der Waals surface area contributed by atoms with Gasteiger partial charge in [0.05, 0.1) is 11.1 Å². The second-order valence-electron chi connectivity index (χ2n) is 3.82. The molecule has 1 aromatic heterocycles. The van der Waals surface area contributed by atoms with Crippen LogP contribution in [-0.2, 0) is 0 Å². The average Bonchev–Trinajstić information content (AvgIpc) is 2.39. The molecule has 0 radical (unpaired) electrons. The number of halogens is 2. The number of aromatic carboxylic acids is 1. The molecule has 0 aliphatic carbocycles. The summed E-state index contributed by atoms with van der Waals surface area (Å²) in [6, 6.07) is 7.99. The van der Waals surface area contributed by atoms with Crippen LogP contribution in [0.2, 0.25) is 0 Å². The molecule has 0 bridgehead atoms. The lowest BCUT2D eigenvalue weighted by Crippen LogP contribution is -2.13. The number of carbonyl (C=O) groups is 2. The second kappa shape index (κ2) is 6.15. The average molecular weight is 400 g/mol. The lowest BCUT2D eigenvalue weighted by molar-refractivity contribution is 0.0696. The molecular formula is C13H8Br2N2O3. The molecule has 1 aromatic carbocycles. The number of nitrogens with zero attached hydrogens (tertiary/aromatic N) is 1. The first kappa shape index (κ1) is 14.7. The van der Waals surface area contributed by atoms with Crippen LogP contribution >= 0.6 is 31.9 Å². The highest BCUT2D eigenvalue weighted by atomic mass is 79.9. The number of nitrogens with one attached hydrogen (secondary N) is 1. The molecule has 5 nitrogen and oxygen atoms in total. The third kappa shape index (κ3) is 3.43. The predicted octanol–water partition coefficient (Wildman–Crippen LogP) is 3.56. The molecule has 1 heterocycles. The maximum Gasteiger partial charge on any atom is 0.337 e. The van der Waals surface area contributed by atoms with Crippen molar-refractivity contribution in [2.24, 2.45) is 0 Å². The molecule has 7 heteroatoms. The number of hydrogen-bond acceptors (Lipinski definition) is 3. The first-order valence-electron chi connectivity index (χ1n) is 5.43. The van der Waals surface area contributed by atoms with Crippen molar-refractivity contribution in [3.63, 3.8) is 0 Å². The number of rotatable bonds is 3. The molecule has 0 aliphatic heterocycles. The SMILES string of the molecule is O=C(O)c1ccc(NC(=O)c2ccc(Br)cc2Br)nc1. The molecule has 0 unspecified atom stereocenters. The van der Waals surface area contributed by atoms with Gasteiger partial charge in [-0.05, 0) is 46.3 Å². The van der Waals surface area contributed by atoms with Crippen molar-refractivity contribution in [3.8, 4) is 0 Å². The summed E-state index contributed by atoms with van der Waals surface area (Å²) in [6.07, 6.45) is 1.19. The fraction of sp³-hybridized carbons (Fsp3) is 0. The summed E-state index contributed by atoms with van der Waals surface area (Å²) in [5.41, 5.74) is 0.519. The van der Waals surface area contributed by atoms with Crippen LogP contribution in [0.3, 0.4) is 0 Å². The normalized spacial score (nSPS) is 10.1. The second-order valence-corrected chi connectivity index (χ2v) is 5.59. The zero-order valence-electron chi connectivity index (χ0n) is 9.93. The minimum atomic E-state index is -1.06. The van der Waals surface area contributed by atoms with Crippen molar-refractivity contribution in [1.29, 1.82) is 0 Å². The monoisotopic (exact) mass is 398 g/mol. The van der Waals surface area contributed by atoms with Gasteiger partial charge >= 0.3 is 5.97 Å². The van der Waals surface area contributed by atoms with Crippen LogP contribution in [0.1, 0.15) is 20.7 Å². The zero-order chi connectivity index (χ0) is 14.7. The van der Waals surface area contributed by atoms with Crippen molar-refractivity contribution < 1.29 is 14.7 Å². The van der Waals surface area contributed by atoms with Gasteiger partial charge in [-0.15, -0.1) is 0 Å². The molecule has 0 fully saturated rings. The minimum absolute atomic E-state index is 0.0628. The molecule has 0 spiro atoms. The van der Waals surface area contributed by atoms with E-state index in [1.54, 1.807) is 18.2 Å². The number of hydrogen-bond donors (Lipinski definition) is 2. The van der Waals surface area contributed by atoms with Gasteiger partial charge in [-0.1, -0.05) is 15.9 Å². The van der Waals surface area contributed by atoms with Crippen LogP contribution in [0, 0.1) is 0 Å². The van der Waals surface area contributed by atoms with Gasteiger partial charge in [-0.2, -0.15) is 0 Å². The molecule has 0 aliphatic rings. The molecule has 102 valence electrons. The van der Waals surface area contributed by atoms with E-state index in [2.05, 4.69) is 42.2 Å². The maximum atomic E-state index is 12.1. The Morgan fingerprint density at radius 3 is 2.45 bits per heavy atom. The highest BCUT2D eigenvalue weighted by Gasteiger charge is 2.11. The number of carboxylic acids is 1. The van der Waals surface area contributed by atoms with Gasteiger partial charge in [0.25, 0.3) is 5.91 Å². The molecule has 0 atom stereocenters. The van der Waals surface area contributed by atoms with Crippen LogP contribution in [-0.4, -0.2) is 22.0 Å². The summed E-state index contributed by atoms with van der Waals surface area (Å²) in [7, 11) is 0. The highest BCUT2D eigenvalue weighted by Crippen LogP contribution is 2.22. The van der Waals surface area contributed by atoms with Crippen LogP contribution in [0.4, 0.5) is 5.82 Å². The number of amides is 1. The molecule has 2 aromatic rings. The Labute approximate surface area is 131 Å². The Hall–Kier alpha value is -1.73. The third-order valence-corrected chi connectivity index (χ3v) is 3.58. The summed E-state index contributed by atoms with van der Waals surface area (Å²) >= 11 is 6.61. The number of carboxylic acid groups (broad SMARTS) is 1. The van der Waals surface area contributed by atoms with Gasteiger partial charge in [0.15, 0.2) is 0 Å². The van der Waals surface area contributed by atoms with Gasteiger partial charge in [0.1, 0.15) is 5.82 Å². The molecule has 2 N–H and O–H groups in total. The summed E-state index contributed by atoms with van der Waals surface area (Å²) in [5.74, 6) is -1.11. The van der Waals surface area contributed by atoms with Crippen molar-refractivity contribution in [1.82, 2.24) is 4.98 Å². The number of carbonyl (C=O) groups excluding carboxylic acids is 1. The lowest BCUT2D eigenvalue weighted by Gasteiger charge is -2.06. The Kier molecular flexibility index (Phi) is 4.51. The van der Waals surface area contributed by atoms with Crippen molar-refractivity contribution in [2.45, 2.75) is 0 Å². The van der Waals surface area contributed by atoms with Crippen LogP contribution in [0.25, 0.3) is 0 Å². The lowest BCUT2D eigenvalue weighted by atomic mass is 10.2. The largest absolute Gasteiger partial charge is 0.478 e. The van der Waals surface area contributed by atoms with E-state index in [0.29, 0.717) is 10.0 Å². The summed E-state index contributed by atoms with van der Waals surface area (Å²) < 4.78 is 1.50. The fourth-order valence-corrected chi connectivity index (χ4v) is 2.68. The number of pyridine rings is 1. The molecule has 20 heavy (non-hydrogen) atoms. The van der Waals surface area contributed by atoms with Crippen molar-refractivity contribution in [2.75, 3.05) is 5.32 Å². The first-order valence-corrected chi connectivity index (χ1v) is 7.02. The molecular weight excluding hydrogens is 392 g/mol. The van der Waals surface area contributed by atoms with Crippen LogP contribution in [0.15, 0.2) is 45.5 Å². The van der Waals surface area contributed by atoms with E-state index >= 15 is 0 Å². The van der Waals surface area contributed by atoms with E-state index < -0.39 is 5.97 Å². The fourth-order valence-electron chi connectivity index (χ4n) is 1.45. The van der Waals surface area contributed by atoms with Gasteiger partial charge in [-0.25, -0.2) is 9.78 Å². The zero-order valence-corrected chi connectivity index (χ0v) is 13.1. The molecule has 2 rings (SSSR count). The van der Waals surface area contributed by atoms with Gasteiger partial charge in [0.2, 0.25) is 0 Å². The first-order chi connectivity index (χ1) is 9.47. The van der Waals surface area contributed by atoms with Gasteiger partial charge < -0.3 is 10.4 Å². The predicted molar refractivity (Wildman–Crippen MR) is 81.0 cm³/mol. The Morgan fingerprint density at radius 1 is 1.15 bits per heavy atom. The topological polar surface area (TPSA) is 79.3 Å². The Morgan fingerprint density at radius 2 is 1.90 bits per heavy atom. The number of benzene rings is 1. The van der Waals surface area contributed by atoms with E-state index in [0.717, 1.165) is 4.47 Å². The Bertz CT molecular complexity index is 672. The molecule has 1 amide bonds.